The van der Waals surface area contributed by atoms with Crippen LogP contribution in [0.3, 0.4) is 0 Å². The molecule has 106 valence electrons. The van der Waals surface area contributed by atoms with Crippen LogP contribution >= 0.6 is 11.6 Å². The first-order chi connectivity index (χ1) is 8.85. The second-order valence-electron chi connectivity index (χ2n) is 4.80. The van der Waals surface area contributed by atoms with E-state index in [9.17, 15) is 13.2 Å². The van der Waals surface area contributed by atoms with Crippen molar-refractivity contribution in [3.05, 3.63) is 23.0 Å². The molecule has 2 N–H and O–H groups in total. The van der Waals surface area contributed by atoms with E-state index in [0.717, 1.165) is 5.69 Å². The van der Waals surface area contributed by atoms with Crippen molar-refractivity contribution in [1.82, 2.24) is 9.88 Å². The maximum atomic E-state index is 12.3. The van der Waals surface area contributed by atoms with Gasteiger partial charge in [0.05, 0.1) is 29.1 Å². The lowest BCUT2D eigenvalue weighted by Crippen LogP contribution is -2.39. The highest BCUT2D eigenvalue weighted by Crippen LogP contribution is 2.32. The Balaban J connectivity index is 1.96. The number of nitrogens with zero attached hydrogens (tertiary/aromatic N) is 2. The van der Waals surface area contributed by atoms with Crippen LogP contribution in [0.5, 0.6) is 0 Å². The summed E-state index contributed by atoms with van der Waals surface area (Å²) in [7, 11) is 0. The number of rotatable bonds is 2. The molecule has 1 aliphatic rings. The molecule has 1 saturated heterocycles. The van der Waals surface area contributed by atoms with Gasteiger partial charge in [-0.05, 0) is 32.0 Å². The number of anilines is 1. The van der Waals surface area contributed by atoms with Crippen molar-refractivity contribution in [3.63, 3.8) is 0 Å². The highest BCUT2D eigenvalue weighted by atomic mass is 35.5. The van der Waals surface area contributed by atoms with Gasteiger partial charge in [-0.1, -0.05) is 11.6 Å². The molecule has 0 unspecified atom stereocenters. The van der Waals surface area contributed by atoms with Gasteiger partial charge in [0, 0.05) is 5.92 Å². The average molecular weight is 294 g/mol. The number of likely N-dealkylation sites (tertiary alicyclic amines) is 1. The average Bonchev–Trinajstić information content (AvgIpc) is 2.28. The van der Waals surface area contributed by atoms with Gasteiger partial charge >= 0.3 is 6.18 Å². The van der Waals surface area contributed by atoms with E-state index in [1.165, 1.54) is 11.1 Å². The third kappa shape index (κ3) is 3.98. The van der Waals surface area contributed by atoms with Gasteiger partial charge in [-0.3, -0.25) is 9.88 Å². The highest BCUT2D eigenvalue weighted by Gasteiger charge is 2.33. The number of nitrogen functional groups attached to an aromatic ring is 1. The van der Waals surface area contributed by atoms with Crippen LogP contribution in [0.2, 0.25) is 5.02 Å². The van der Waals surface area contributed by atoms with Crippen molar-refractivity contribution in [1.29, 1.82) is 0 Å². The normalized spacial score (nSPS) is 18.7. The van der Waals surface area contributed by atoms with E-state index in [2.05, 4.69) is 4.98 Å². The number of hydrogen-bond acceptors (Lipinski definition) is 3. The Kier molecular flexibility index (Phi) is 4.20. The molecular weight excluding hydrogens is 279 g/mol. The first-order valence-corrected chi connectivity index (χ1v) is 6.43. The number of piperidine rings is 1. The standard InChI is InChI=1S/C12H15ClF3N3/c13-10-5-9(17)6-18-11(10)8-1-3-19(4-2-8)7-12(14,15)16/h5-6,8H,1-4,7,17H2. The lowest BCUT2D eigenvalue weighted by molar-refractivity contribution is -0.147. The number of halogens is 4. The zero-order valence-corrected chi connectivity index (χ0v) is 11.0. The number of hydrogen-bond donors (Lipinski definition) is 1. The Morgan fingerprint density at radius 1 is 1.37 bits per heavy atom. The summed E-state index contributed by atoms with van der Waals surface area (Å²) in [6.45, 7) is -0.0260. The van der Waals surface area contributed by atoms with Crippen molar-refractivity contribution in [3.8, 4) is 0 Å². The second kappa shape index (κ2) is 5.54. The van der Waals surface area contributed by atoms with Crippen molar-refractivity contribution in [2.75, 3.05) is 25.4 Å². The van der Waals surface area contributed by atoms with E-state index >= 15 is 0 Å². The van der Waals surface area contributed by atoms with E-state index < -0.39 is 12.7 Å². The van der Waals surface area contributed by atoms with Crippen LogP contribution in [-0.4, -0.2) is 35.7 Å². The van der Waals surface area contributed by atoms with Crippen LogP contribution in [0.25, 0.3) is 0 Å². The molecule has 0 spiro atoms. The van der Waals surface area contributed by atoms with Gasteiger partial charge in [0.15, 0.2) is 0 Å². The van der Waals surface area contributed by atoms with E-state index in [-0.39, 0.29) is 5.92 Å². The maximum Gasteiger partial charge on any atom is 0.401 e. The molecule has 0 atom stereocenters. The topological polar surface area (TPSA) is 42.1 Å². The van der Waals surface area contributed by atoms with Crippen LogP contribution in [0.15, 0.2) is 12.3 Å². The number of alkyl halides is 3. The van der Waals surface area contributed by atoms with Gasteiger partial charge < -0.3 is 5.73 Å². The van der Waals surface area contributed by atoms with Gasteiger partial charge in [0.2, 0.25) is 0 Å². The summed E-state index contributed by atoms with van der Waals surface area (Å²) in [4.78, 5) is 5.62. The Hall–Kier alpha value is -1.01. The lowest BCUT2D eigenvalue weighted by Gasteiger charge is -2.32. The van der Waals surface area contributed by atoms with Crippen molar-refractivity contribution in [2.24, 2.45) is 0 Å². The summed E-state index contributed by atoms with van der Waals surface area (Å²) >= 11 is 6.07. The minimum absolute atomic E-state index is 0.109. The smallest absolute Gasteiger partial charge is 0.397 e. The van der Waals surface area contributed by atoms with Crippen LogP contribution in [0, 0.1) is 0 Å². The van der Waals surface area contributed by atoms with E-state index in [1.54, 1.807) is 6.07 Å². The third-order valence-electron chi connectivity index (χ3n) is 3.27. The summed E-state index contributed by atoms with van der Waals surface area (Å²) in [5, 5.41) is 0.495. The zero-order chi connectivity index (χ0) is 14.0. The maximum absolute atomic E-state index is 12.3. The summed E-state index contributed by atoms with van der Waals surface area (Å²) in [6, 6.07) is 1.63. The minimum atomic E-state index is -4.13. The van der Waals surface area contributed by atoms with Gasteiger partial charge in [-0.25, -0.2) is 0 Å². The monoisotopic (exact) mass is 293 g/mol. The van der Waals surface area contributed by atoms with Gasteiger partial charge in [0.25, 0.3) is 0 Å². The van der Waals surface area contributed by atoms with E-state index in [4.69, 9.17) is 17.3 Å². The Morgan fingerprint density at radius 2 is 2.00 bits per heavy atom. The minimum Gasteiger partial charge on any atom is -0.397 e. The molecule has 0 saturated carbocycles. The SMILES string of the molecule is Nc1cnc(C2CCN(CC(F)(F)F)CC2)c(Cl)c1. The predicted molar refractivity (Wildman–Crippen MR) is 68.1 cm³/mol. The fourth-order valence-corrected chi connectivity index (χ4v) is 2.71. The highest BCUT2D eigenvalue weighted by molar-refractivity contribution is 6.31. The Labute approximate surface area is 114 Å². The van der Waals surface area contributed by atoms with E-state index in [0.29, 0.717) is 36.6 Å². The molecule has 0 bridgehead atoms. The molecule has 1 aliphatic heterocycles. The van der Waals surface area contributed by atoms with Crippen LogP contribution in [-0.2, 0) is 0 Å². The second-order valence-corrected chi connectivity index (χ2v) is 5.21. The van der Waals surface area contributed by atoms with Crippen LogP contribution < -0.4 is 5.73 Å². The van der Waals surface area contributed by atoms with Crippen molar-refractivity contribution >= 4 is 17.3 Å². The van der Waals surface area contributed by atoms with Crippen molar-refractivity contribution in [2.45, 2.75) is 24.9 Å². The zero-order valence-electron chi connectivity index (χ0n) is 10.3. The first-order valence-electron chi connectivity index (χ1n) is 6.05. The molecular formula is C12H15ClF3N3. The molecule has 7 heteroatoms. The number of nitrogens with two attached hydrogens (primary N) is 1. The number of aromatic nitrogens is 1. The fraction of sp³-hybridized carbons (Fsp3) is 0.583. The van der Waals surface area contributed by atoms with Crippen molar-refractivity contribution < 1.29 is 13.2 Å². The quantitative estimate of drug-likeness (QED) is 0.911. The molecule has 0 radical (unpaired) electrons. The molecule has 1 fully saturated rings. The summed E-state index contributed by atoms with van der Waals surface area (Å²) in [5.74, 6) is 0.109. The third-order valence-corrected chi connectivity index (χ3v) is 3.57. The molecule has 1 aromatic heterocycles. The lowest BCUT2D eigenvalue weighted by atomic mass is 9.93. The summed E-state index contributed by atoms with van der Waals surface area (Å²) < 4.78 is 36.8. The first kappa shape index (κ1) is 14.4. The Bertz CT molecular complexity index is 442. The molecule has 2 heterocycles. The largest absolute Gasteiger partial charge is 0.401 e. The molecule has 19 heavy (non-hydrogen) atoms. The van der Waals surface area contributed by atoms with Gasteiger partial charge in [0.1, 0.15) is 0 Å². The predicted octanol–water partition coefficient (Wildman–Crippen LogP) is 3.06. The summed E-state index contributed by atoms with van der Waals surface area (Å²) in [6.07, 6.45) is -1.34. The summed E-state index contributed by atoms with van der Waals surface area (Å²) in [5.41, 5.74) is 6.80. The van der Waals surface area contributed by atoms with Gasteiger partial charge in [-0.2, -0.15) is 13.2 Å². The molecule has 0 amide bonds. The number of pyridine rings is 1. The molecule has 0 aromatic carbocycles. The van der Waals surface area contributed by atoms with Crippen LogP contribution in [0.4, 0.5) is 18.9 Å². The Morgan fingerprint density at radius 3 is 2.53 bits per heavy atom. The molecule has 2 rings (SSSR count). The molecule has 1 aromatic rings. The van der Waals surface area contributed by atoms with Gasteiger partial charge in [-0.15, -0.1) is 0 Å². The van der Waals surface area contributed by atoms with Crippen LogP contribution in [0.1, 0.15) is 24.5 Å². The molecule has 0 aliphatic carbocycles. The van der Waals surface area contributed by atoms with E-state index in [1.807, 2.05) is 0 Å². The molecule has 3 nitrogen and oxygen atoms in total. The fourth-order valence-electron chi connectivity index (χ4n) is 2.38.